The van der Waals surface area contributed by atoms with Gasteiger partial charge in [-0.2, -0.15) is 5.10 Å². The zero-order valence-electron chi connectivity index (χ0n) is 28.0. The van der Waals surface area contributed by atoms with E-state index in [1.54, 1.807) is 21.9 Å². The van der Waals surface area contributed by atoms with Gasteiger partial charge in [0.05, 0.1) is 49.2 Å². The number of amides is 1. The number of alkyl halides is 2. The summed E-state index contributed by atoms with van der Waals surface area (Å²) in [6.45, 7) is 6.80. The van der Waals surface area contributed by atoms with Crippen LogP contribution in [0.3, 0.4) is 0 Å². The van der Waals surface area contributed by atoms with Crippen molar-refractivity contribution in [2.45, 2.75) is 25.4 Å². The lowest BCUT2D eigenvalue weighted by molar-refractivity contribution is -0.132. The number of ether oxygens (including phenoxy) is 3. The zero-order chi connectivity index (χ0) is 35.9. The summed E-state index contributed by atoms with van der Waals surface area (Å²) in [4.78, 5) is 21.1. The largest absolute Gasteiger partial charge is 0.492 e. The van der Waals surface area contributed by atoms with Crippen molar-refractivity contribution >= 4 is 27.3 Å². The third kappa shape index (κ3) is 6.83. The number of carbonyl (C=O) groups is 1. The lowest BCUT2D eigenvalue weighted by Gasteiger charge is -2.38. The Morgan fingerprint density at radius 1 is 1.02 bits per heavy atom. The quantitative estimate of drug-likeness (QED) is 0.0765. The molecular weight excluding hydrogens is 686 g/mol. The number of methoxy groups -OCH3 is 1. The fraction of sp³-hybridized carbons (Fsp3) is 0.324. The van der Waals surface area contributed by atoms with Crippen LogP contribution < -0.4 is 9.47 Å². The molecule has 0 saturated carbocycles. The summed E-state index contributed by atoms with van der Waals surface area (Å²) in [6, 6.07) is 12.7. The Morgan fingerprint density at radius 2 is 1.80 bits per heavy atom. The van der Waals surface area contributed by atoms with Crippen LogP contribution in [-0.4, -0.2) is 89.5 Å². The molecule has 2 aliphatic heterocycles. The van der Waals surface area contributed by atoms with E-state index in [0.29, 0.717) is 52.7 Å². The summed E-state index contributed by atoms with van der Waals surface area (Å²) in [7, 11) is 1.51. The van der Waals surface area contributed by atoms with Gasteiger partial charge in [0.15, 0.2) is 0 Å². The number of likely N-dealkylation sites (tertiary alicyclic amines) is 1. The Bertz CT molecular complexity index is 2090. The van der Waals surface area contributed by atoms with Crippen LogP contribution in [0.25, 0.3) is 43.9 Å². The van der Waals surface area contributed by atoms with Crippen molar-refractivity contribution in [2.24, 2.45) is 0 Å². The molecule has 2 aromatic carbocycles. The van der Waals surface area contributed by atoms with Gasteiger partial charge in [0.2, 0.25) is 5.91 Å². The van der Waals surface area contributed by atoms with Gasteiger partial charge in [-0.3, -0.25) is 14.4 Å². The molecule has 1 saturated heterocycles. The average Bonchev–Trinajstić information content (AvgIpc) is 3.76. The predicted octanol–water partition coefficient (Wildman–Crippen LogP) is 7.22. The molecule has 51 heavy (non-hydrogen) atoms. The smallest absolute Gasteiger partial charge is 0.272 e. The fourth-order valence-corrected chi connectivity index (χ4v) is 7.56. The van der Waals surface area contributed by atoms with Gasteiger partial charge >= 0.3 is 0 Å². The summed E-state index contributed by atoms with van der Waals surface area (Å²) in [5, 5.41) is 7.52. The zero-order valence-corrected chi connectivity index (χ0v) is 28.8. The van der Waals surface area contributed by atoms with Crippen molar-refractivity contribution in [1.29, 1.82) is 0 Å². The second-order valence-corrected chi connectivity index (χ2v) is 13.4. The Hall–Kier alpha value is -4.79. The summed E-state index contributed by atoms with van der Waals surface area (Å²) in [5.41, 5.74) is 3.35. The van der Waals surface area contributed by atoms with Crippen LogP contribution in [0.15, 0.2) is 66.6 Å². The first kappa shape index (κ1) is 34.6. The molecule has 2 aliphatic rings. The Kier molecular flexibility index (Phi) is 9.57. The van der Waals surface area contributed by atoms with Crippen molar-refractivity contribution in [1.82, 2.24) is 24.6 Å². The lowest BCUT2D eigenvalue weighted by atomic mass is 9.96. The van der Waals surface area contributed by atoms with Gasteiger partial charge in [0.25, 0.3) is 5.92 Å². The number of hydrogen-bond acceptors (Lipinski definition) is 8. The first-order valence-electron chi connectivity index (χ1n) is 16.4. The molecule has 1 fully saturated rings. The molecule has 5 heterocycles. The van der Waals surface area contributed by atoms with Crippen LogP contribution in [-0.2, 0) is 16.1 Å². The highest BCUT2D eigenvalue weighted by Crippen LogP contribution is 2.47. The highest BCUT2D eigenvalue weighted by molar-refractivity contribution is 7.18. The van der Waals surface area contributed by atoms with Crippen LogP contribution >= 0.6 is 11.3 Å². The van der Waals surface area contributed by atoms with Gasteiger partial charge in [-0.15, -0.1) is 11.3 Å². The fourth-order valence-electron chi connectivity index (χ4n) is 6.61. The third-order valence-electron chi connectivity index (χ3n) is 9.10. The van der Waals surface area contributed by atoms with Gasteiger partial charge in [-0.05, 0) is 54.8 Å². The molecule has 0 N–H and O–H groups in total. The molecule has 3 aromatic heterocycles. The van der Waals surface area contributed by atoms with E-state index >= 15 is 4.39 Å². The van der Waals surface area contributed by atoms with E-state index in [4.69, 9.17) is 24.3 Å². The van der Waals surface area contributed by atoms with Crippen molar-refractivity contribution in [2.75, 3.05) is 53.1 Å². The normalized spacial score (nSPS) is 16.9. The van der Waals surface area contributed by atoms with Gasteiger partial charge < -0.3 is 19.1 Å². The van der Waals surface area contributed by atoms with E-state index in [2.05, 4.69) is 6.58 Å². The van der Waals surface area contributed by atoms with Crippen LogP contribution in [0.1, 0.15) is 18.7 Å². The van der Waals surface area contributed by atoms with Crippen molar-refractivity contribution in [3.63, 3.8) is 0 Å². The number of rotatable bonds is 12. The van der Waals surface area contributed by atoms with Gasteiger partial charge in [0, 0.05) is 53.5 Å². The second kappa shape index (κ2) is 14.1. The second-order valence-electron chi connectivity index (χ2n) is 12.5. The summed E-state index contributed by atoms with van der Waals surface area (Å²) in [5.74, 6) is -3.87. The molecule has 9 nitrogen and oxygen atoms in total. The first-order valence-corrected chi connectivity index (χ1v) is 17.3. The highest BCUT2D eigenvalue weighted by atomic mass is 32.1. The van der Waals surface area contributed by atoms with E-state index in [1.807, 2.05) is 41.3 Å². The standard InChI is InChI=1S/C37H35F4N5O4S/c1-4-31(47)45-10-11-46-29(22(45)2)19-28(43-46)35-33(32-27(39)17-24(38)18-30(32)50-15-14-48-3)36-26(9-16-51-36)34(42-35)23-5-7-25(8-6-23)49-13-12-44-20-37(40,41)21-44/h4-9,16-19,22H,1,10-15,20-21H2,2-3H3/t22-/m1/s1. The maximum atomic E-state index is 16.1. The average molecular weight is 722 g/mol. The molecule has 14 heteroatoms. The van der Waals surface area contributed by atoms with E-state index in [1.165, 1.54) is 24.5 Å². The van der Waals surface area contributed by atoms with Crippen molar-refractivity contribution < 1.29 is 36.6 Å². The van der Waals surface area contributed by atoms with Crippen LogP contribution in [0.5, 0.6) is 11.5 Å². The number of fused-ring (bicyclic) bond motifs is 2. The molecule has 266 valence electrons. The molecule has 7 rings (SSSR count). The van der Waals surface area contributed by atoms with Crippen LogP contribution in [0.4, 0.5) is 17.6 Å². The number of aromatic nitrogens is 3. The summed E-state index contributed by atoms with van der Waals surface area (Å²) in [6.07, 6.45) is 1.28. The molecule has 1 atom stereocenters. The van der Waals surface area contributed by atoms with Gasteiger partial charge in [0.1, 0.15) is 47.7 Å². The predicted molar refractivity (Wildman–Crippen MR) is 186 cm³/mol. The van der Waals surface area contributed by atoms with E-state index in [0.717, 1.165) is 28.8 Å². The van der Waals surface area contributed by atoms with Crippen molar-refractivity contribution in [3.05, 3.63) is 83.9 Å². The number of pyridine rings is 1. The Balaban J connectivity index is 1.33. The van der Waals surface area contributed by atoms with E-state index in [-0.39, 0.29) is 56.2 Å². The SMILES string of the molecule is C=CC(=O)N1CCn2nc(-c3nc(-c4ccc(OCCN5CC(F)(F)C5)cc4)c4ccsc4c3-c3c(F)cc(F)cc3OCCOC)cc2[C@H]1C. The highest BCUT2D eigenvalue weighted by Gasteiger charge is 2.43. The topological polar surface area (TPSA) is 82.0 Å². The molecule has 0 radical (unpaired) electrons. The first-order chi connectivity index (χ1) is 24.6. The van der Waals surface area contributed by atoms with E-state index in [9.17, 15) is 18.0 Å². The molecule has 0 bridgehead atoms. The lowest BCUT2D eigenvalue weighted by Crippen LogP contribution is -2.56. The number of benzene rings is 2. The molecule has 0 unspecified atom stereocenters. The van der Waals surface area contributed by atoms with Crippen LogP contribution in [0, 0.1) is 11.6 Å². The summed E-state index contributed by atoms with van der Waals surface area (Å²) >= 11 is 1.38. The number of nitrogens with zero attached hydrogens (tertiary/aromatic N) is 5. The van der Waals surface area contributed by atoms with E-state index < -0.39 is 17.6 Å². The number of thiophene rings is 1. The molecule has 5 aromatic rings. The molecule has 1 amide bonds. The minimum Gasteiger partial charge on any atom is -0.492 e. The Morgan fingerprint density at radius 3 is 2.53 bits per heavy atom. The monoisotopic (exact) mass is 721 g/mol. The Labute approximate surface area is 295 Å². The third-order valence-corrected chi connectivity index (χ3v) is 10.0. The van der Waals surface area contributed by atoms with Gasteiger partial charge in [-0.1, -0.05) is 6.58 Å². The number of carbonyl (C=O) groups excluding carboxylic acids is 1. The number of halogens is 4. The minimum atomic E-state index is -2.63. The maximum absolute atomic E-state index is 16.1. The molecular formula is C37H35F4N5O4S. The molecule has 0 aliphatic carbocycles. The van der Waals surface area contributed by atoms with Crippen molar-refractivity contribution in [3.8, 4) is 45.3 Å². The number of hydrogen-bond donors (Lipinski definition) is 0. The minimum absolute atomic E-state index is 0.00130. The summed E-state index contributed by atoms with van der Waals surface area (Å²) < 4.78 is 76.5. The molecule has 0 spiro atoms. The van der Waals surface area contributed by atoms with Gasteiger partial charge in [-0.25, -0.2) is 22.5 Å². The van der Waals surface area contributed by atoms with Crippen LogP contribution in [0.2, 0.25) is 0 Å². The maximum Gasteiger partial charge on any atom is 0.272 e.